The Bertz CT molecular complexity index is 625. The third-order valence-corrected chi connectivity index (χ3v) is 4.73. The highest BCUT2D eigenvalue weighted by atomic mass is 32.1. The smallest absolute Gasteiger partial charge is 0.145 e. The van der Waals surface area contributed by atoms with Crippen LogP contribution in [-0.4, -0.2) is 45.4 Å². The van der Waals surface area contributed by atoms with Gasteiger partial charge in [0.25, 0.3) is 0 Å². The fraction of sp³-hybridized carbons (Fsp3) is 0.562. The SMILES string of the molecule is Cc1nc(CN2CCC[C@H]2c2nccc(CN(C)C)n2)cs1. The highest BCUT2D eigenvalue weighted by molar-refractivity contribution is 7.09. The number of rotatable bonds is 5. The summed E-state index contributed by atoms with van der Waals surface area (Å²) in [4.78, 5) is 18.5. The molecule has 2 aromatic heterocycles. The van der Waals surface area contributed by atoms with Crippen molar-refractivity contribution in [2.24, 2.45) is 0 Å². The molecule has 1 saturated heterocycles. The molecule has 0 spiro atoms. The molecule has 1 atom stereocenters. The minimum atomic E-state index is 0.323. The maximum absolute atomic E-state index is 4.78. The molecular weight excluding hydrogens is 294 g/mol. The third kappa shape index (κ3) is 3.69. The van der Waals surface area contributed by atoms with Crippen LogP contribution in [0, 0.1) is 6.92 Å². The van der Waals surface area contributed by atoms with Crippen LogP contribution in [0.5, 0.6) is 0 Å². The van der Waals surface area contributed by atoms with Crippen LogP contribution in [-0.2, 0) is 13.1 Å². The number of thiazole rings is 1. The van der Waals surface area contributed by atoms with Crippen LogP contribution >= 0.6 is 11.3 Å². The van der Waals surface area contributed by atoms with Crippen LogP contribution in [0.4, 0.5) is 0 Å². The molecule has 1 aliphatic heterocycles. The van der Waals surface area contributed by atoms with E-state index in [9.17, 15) is 0 Å². The van der Waals surface area contributed by atoms with Crippen LogP contribution in [0.25, 0.3) is 0 Å². The predicted molar refractivity (Wildman–Crippen MR) is 88.7 cm³/mol. The molecule has 1 aliphatic rings. The van der Waals surface area contributed by atoms with Crippen molar-refractivity contribution in [3.8, 4) is 0 Å². The lowest BCUT2D eigenvalue weighted by atomic mass is 10.2. The molecule has 0 amide bonds. The van der Waals surface area contributed by atoms with Gasteiger partial charge in [-0.2, -0.15) is 0 Å². The maximum atomic E-state index is 4.78. The van der Waals surface area contributed by atoms with Crippen LogP contribution in [0.3, 0.4) is 0 Å². The van der Waals surface area contributed by atoms with Crippen molar-refractivity contribution >= 4 is 11.3 Å². The number of aryl methyl sites for hydroxylation is 1. The van der Waals surface area contributed by atoms with Crippen molar-refractivity contribution in [1.82, 2.24) is 24.8 Å². The Morgan fingerprint density at radius 2 is 2.18 bits per heavy atom. The van der Waals surface area contributed by atoms with E-state index in [0.29, 0.717) is 6.04 Å². The van der Waals surface area contributed by atoms with Crippen molar-refractivity contribution in [2.75, 3.05) is 20.6 Å². The van der Waals surface area contributed by atoms with Gasteiger partial charge in [0.15, 0.2) is 0 Å². The number of hydrogen-bond acceptors (Lipinski definition) is 6. The summed E-state index contributed by atoms with van der Waals surface area (Å²) in [6.07, 6.45) is 4.23. The fourth-order valence-electron chi connectivity index (χ4n) is 2.98. The van der Waals surface area contributed by atoms with Crippen molar-refractivity contribution < 1.29 is 0 Å². The Kier molecular flexibility index (Phi) is 4.81. The quantitative estimate of drug-likeness (QED) is 0.848. The summed E-state index contributed by atoms with van der Waals surface area (Å²) in [6, 6.07) is 2.33. The molecule has 2 aromatic rings. The summed E-state index contributed by atoms with van der Waals surface area (Å²) >= 11 is 1.72. The first kappa shape index (κ1) is 15.5. The number of hydrogen-bond donors (Lipinski definition) is 0. The van der Waals surface area contributed by atoms with E-state index >= 15 is 0 Å². The summed E-state index contributed by atoms with van der Waals surface area (Å²) in [6.45, 7) is 4.91. The van der Waals surface area contributed by atoms with Crippen LogP contribution in [0.15, 0.2) is 17.6 Å². The largest absolute Gasteiger partial charge is 0.304 e. The molecule has 0 aliphatic carbocycles. The molecule has 22 heavy (non-hydrogen) atoms. The lowest BCUT2D eigenvalue weighted by Crippen LogP contribution is -2.25. The summed E-state index contributed by atoms with van der Waals surface area (Å²) in [5.74, 6) is 0.962. The van der Waals surface area contributed by atoms with Crippen molar-refractivity contribution in [2.45, 2.75) is 38.9 Å². The molecule has 6 heteroatoms. The highest BCUT2D eigenvalue weighted by Gasteiger charge is 2.28. The van der Waals surface area contributed by atoms with E-state index in [-0.39, 0.29) is 0 Å². The highest BCUT2D eigenvalue weighted by Crippen LogP contribution is 2.31. The Labute approximate surface area is 136 Å². The molecule has 3 heterocycles. The van der Waals surface area contributed by atoms with Crippen LogP contribution in [0.2, 0.25) is 0 Å². The average molecular weight is 317 g/mol. The first-order chi connectivity index (χ1) is 10.6. The average Bonchev–Trinajstić information content (AvgIpc) is 3.08. The first-order valence-electron chi connectivity index (χ1n) is 7.73. The maximum Gasteiger partial charge on any atom is 0.145 e. The molecule has 0 unspecified atom stereocenters. The second-order valence-electron chi connectivity index (χ2n) is 6.13. The Hall–Kier alpha value is -1.37. The molecular formula is C16H23N5S. The van der Waals surface area contributed by atoms with E-state index in [4.69, 9.17) is 4.98 Å². The van der Waals surface area contributed by atoms with Gasteiger partial charge in [0.05, 0.1) is 22.4 Å². The zero-order chi connectivity index (χ0) is 15.5. The lowest BCUT2D eigenvalue weighted by Gasteiger charge is -2.22. The van der Waals surface area contributed by atoms with Crippen LogP contribution < -0.4 is 0 Å². The Balaban J connectivity index is 1.75. The topological polar surface area (TPSA) is 45.2 Å². The third-order valence-electron chi connectivity index (χ3n) is 3.90. The van der Waals surface area contributed by atoms with Gasteiger partial charge in [-0.25, -0.2) is 15.0 Å². The zero-order valence-corrected chi connectivity index (χ0v) is 14.3. The van der Waals surface area contributed by atoms with E-state index in [1.54, 1.807) is 11.3 Å². The molecule has 1 fully saturated rings. The minimum absolute atomic E-state index is 0.323. The molecule has 5 nitrogen and oxygen atoms in total. The molecule has 118 valence electrons. The van der Waals surface area contributed by atoms with Crippen molar-refractivity contribution in [1.29, 1.82) is 0 Å². The zero-order valence-electron chi connectivity index (χ0n) is 13.5. The molecule has 0 bridgehead atoms. The van der Waals surface area contributed by atoms with Gasteiger partial charge in [-0.05, 0) is 46.5 Å². The van der Waals surface area contributed by atoms with E-state index in [2.05, 4.69) is 46.2 Å². The molecule has 0 N–H and O–H groups in total. The molecule has 0 saturated carbocycles. The Morgan fingerprint density at radius 1 is 1.32 bits per heavy atom. The van der Waals surface area contributed by atoms with Crippen LogP contribution in [0.1, 0.15) is 41.1 Å². The summed E-state index contributed by atoms with van der Waals surface area (Å²) in [5, 5.41) is 3.29. The van der Waals surface area contributed by atoms with E-state index in [1.165, 1.54) is 12.1 Å². The van der Waals surface area contributed by atoms with E-state index < -0.39 is 0 Å². The summed E-state index contributed by atoms with van der Waals surface area (Å²) < 4.78 is 0. The number of nitrogens with zero attached hydrogens (tertiary/aromatic N) is 5. The Morgan fingerprint density at radius 3 is 2.91 bits per heavy atom. The van der Waals surface area contributed by atoms with Gasteiger partial charge in [-0.15, -0.1) is 11.3 Å². The standard InChI is InChI=1S/C16H23N5S/c1-12-18-14(11-22-12)10-21-8-4-5-15(21)16-17-7-6-13(19-16)9-20(2)3/h6-7,11,15H,4-5,8-10H2,1-3H3/t15-/m0/s1. The van der Waals surface area contributed by atoms with Gasteiger partial charge >= 0.3 is 0 Å². The molecule has 0 aromatic carbocycles. The van der Waals surface area contributed by atoms with Gasteiger partial charge in [0.1, 0.15) is 5.82 Å². The number of aromatic nitrogens is 3. The lowest BCUT2D eigenvalue weighted by molar-refractivity contribution is 0.236. The number of likely N-dealkylation sites (tertiary alicyclic amines) is 1. The van der Waals surface area contributed by atoms with E-state index in [0.717, 1.165) is 42.6 Å². The van der Waals surface area contributed by atoms with Gasteiger partial charge < -0.3 is 4.90 Å². The first-order valence-corrected chi connectivity index (χ1v) is 8.61. The van der Waals surface area contributed by atoms with Gasteiger partial charge in [-0.1, -0.05) is 0 Å². The van der Waals surface area contributed by atoms with Crippen molar-refractivity contribution in [3.63, 3.8) is 0 Å². The summed E-state index contributed by atoms with van der Waals surface area (Å²) in [7, 11) is 4.13. The predicted octanol–water partition coefficient (Wildman–Crippen LogP) is 2.64. The minimum Gasteiger partial charge on any atom is -0.304 e. The van der Waals surface area contributed by atoms with E-state index in [1.807, 2.05) is 12.3 Å². The second-order valence-corrected chi connectivity index (χ2v) is 7.19. The second kappa shape index (κ2) is 6.81. The fourth-order valence-corrected chi connectivity index (χ4v) is 3.59. The monoisotopic (exact) mass is 317 g/mol. The molecule has 3 rings (SSSR count). The summed E-state index contributed by atoms with van der Waals surface area (Å²) in [5.41, 5.74) is 2.25. The normalized spacial score (nSPS) is 19.2. The van der Waals surface area contributed by atoms with Gasteiger partial charge in [-0.3, -0.25) is 4.90 Å². The molecule has 0 radical (unpaired) electrons. The van der Waals surface area contributed by atoms with Gasteiger partial charge in [0, 0.05) is 24.7 Å². The van der Waals surface area contributed by atoms with Gasteiger partial charge in [0.2, 0.25) is 0 Å². The van der Waals surface area contributed by atoms with Crippen molar-refractivity contribution in [3.05, 3.63) is 39.9 Å².